The Morgan fingerprint density at radius 2 is 1.71 bits per heavy atom. The molecule has 0 atom stereocenters. The van der Waals surface area contributed by atoms with Gasteiger partial charge in [-0.1, -0.05) is 44.6 Å². The lowest BCUT2D eigenvalue weighted by molar-refractivity contribution is 0.513. The van der Waals surface area contributed by atoms with Gasteiger partial charge in [-0.3, -0.25) is 0 Å². The Kier molecular flexibility index (Phi) is 2.38. The van der Waals surface area contributed by atoms with Gasteiger partial charge in [0, 0.05) is 0 Å². The highest BCUT2D eigenvalue weighted by Crippen LogP contribution is 2.40. The summed E-state index contributed by atoms with van der Waals surface area (Å²) in [6, 6.07) is 0. The number of rotatable bonds is 0. The molecule has 0 aromatic heterocycles. The number of hydrogen-bond acceptors (Lipinski definition) is 0. The maximum Gasteiger partial charge on any atom is -0.0126 e. The zero-order valence-corrected chi connectivity index (χ0v) is 9.56. The number of hydrogen-bond donors (Lipinski definition) is 0. The molecule has 0 N–H and O–H groups in total. The van der Waals surface area contributed by atoms with Crippen molar-refractivity contribution in [2.75, 3.05) is 0 Å². The molecular formula is C14H20. The van der Waals surface area contributed by atoms with E-state index in [9.17, 15) is 0 Å². The van der Waals surface area contributed by atoms with Crippen molar-refractivity contribution in [2.45, 2.75) is 46.5 Å². The molecule has 2 rings (SSSR count). The minimum absolute atomic E-state index is 0.300. The lowest BCUT2D eigenvalue weighted by Crippen LogP contribution is -2.10. The van der Waals surface area contributed by atoms with Crippen LogP contribution in [0.5, 0.6) is 0 Å². The molecule has 1 saturated carbocycles. The van der Waals surface area contributed by atoms with E-state index in [-0.39, 0.29) is 0 Å². The van der Waals surface area contributed by atoms with E-state index < -0.39 is 0 Å². The molecule has 76 valence electrons. The summed E-state index contributed by atoms with van der Waals surface area (Å²) in [7, 11) is 0. The van der Waals surface area contributed by atoms with Crippen LogP contribution in [0.4, 0.5) is 0 Å². The molecule has 0 saturated heterocycles. The number of allylic oxidation sites excluding steroid dienone is 6. The molecule has 0 aliphatic heterocycles. The first-order chi connectivity index (χ1) is 6.59. The van der Waals surface area contributed by atoms with Gasteiger partial charge in [-0.05, 0) is 42.2 Å². The van der Waals surface area contributed by atoms with Crippen molar-refractivity contribution < 1.29 is 0 Å². The smallest absolute Gasteiger partial charge is 0.0126 e. The van der Waals surface area contributed by atoms with Gasteiger partial charge in [0.25, 0.3) is 0 Å². The minimum atomic E-state index is 0.300. The van der Waals surface area contributed by atoms with E-state index in [1.54, 1.807) is 11.1 Å². The van der Waals surface area contributed by atoms with Crippen molar-refractivity contribution in [3.63, 3.8) is 0 Å². The largest absolute Gasteiger partial charge is 0.0627 e. The second-order valence-corrected chi connectivity index (χ2v) is 5.41. The van der Waals surface area contributed by atoms with Crippen LogP contribution in [0.3, 0.4) is 0 Å². The first kappa shape index (κ1) is 9.76. The lowest BCUT2D eigenvalue weighted by Gasteiger charge is -2.23. The Morgan fingerprint density at radius 1 is 1.07 bits per heavy atom. The highest BCUT2D eigenvalue weighted by atomic mass is 14.3. The normalized spacial score (nSPS) is 22.1. The molecule has 0 amide bonds. The van der Waals surface area contributed by atoms with Gasteiger partial charge in [0.1, 0.15) is 0 Å². The van der Waals surface area contributed by atoms with E-state index in [0.29, 0.717) is 5.41 Å². The first-order valence-corrected chi connectivity index (χ1v) is 5.70. The summed E-state index contributed by atoms with van der Waals surface area (Å²) in [5.74, 6) is 0. The third-order valence-corrected chi connectivity index (χ3v) is 3.21. The highest BCUT2D eigenvalue weighted by Gasteiger charge is 2.24. The maximum atomic E-state index is 2.31. The molecule has 0 bridgehead atoms. The topological polar surface area (TPSA) is 0 Å². The van der Waals surface area contributed by atoms with Gasteiger partial charge in [-0.25, -0.2) is 0 Å². The van der Waals surface area contributed by atoms with Crippen LogP contribution in [0, 0.1) is 5.41 Å². The summed E-state index contributed by atoms with van der Waals surface area (Å²) in [5, 5.41) is 0. The predicted molar refractivity (Wildman–Crippen MR) is 62.2 cm³/mol. The van der Waals surface area contributed by atoms with Crippen LogP contribution in [-0.4, -0.2) is 0 Å². The summed E-state index contributed by atoms with van der Waals surface area (Å²) >= 11 is 0. The van der Waals surface area contributed by atoms with E-state index in [0.717, 1.165) is 0 Å². The molecule has 0 heterocycles. The second-order valence-electron chi connectivity index (χ2n) is 5.41. The molecule has 2 aliphatic carbocycles. The first-order valence-electron chi connectivity index (χ1n) is 5.70. The van der Waals surface area contributed by atoms with Crippen LogP contribution in [0.25, 0.3) is 0 Å². The predicted octanol–water partition coefficient (Wildman–Crippen LogP) is 4.40. The summed E-state index contributed by atoms with van der Waals surface area (Å²) in [4.78, 5) is 0. The Hall–Kier alpha value is -0.780. The summed E-state index contributed by atoms with van der Waals surface area (Å²) in [6.07, 6.45) is 12.2. The van der Waals surface area contributed by atoms with Gasteiger partial charge >= 0.3 is 0 Å². The molecular weight excluding hydrogens is 168 g/mol. The van der Waals surface area contributed by atoms with Crippen molar-refractivity contribution in [1.82, 2.24) is 0 Å². The quantitative estimate of drug-likeness (QED) is 0.528. The van der Waals surface area contributed by atoms with Crippen molar-refractivity contribution in [2.24, 2.45) is 5.41 Å². The molecule has 0 unspecified atom stereocenters. The zero-order chi connectivity index (χ0) is 10.2. The Labute approximate surface area is 87.4 Å². The fourth-order valence-electron chi connectivity index (χ4n) is 2.45. The Balaban J connectivity index is 2.33. The van der Waals surface area contributed by atoms with Crippen LogP contribution in [0.1, 0.15) is 46.5 Å². The van der Waals surface area contributed by atoms with Gasteiger partial charge in [0.2, 0.25) is 0 Å². The summed E-state index contributed by atoms with van der Waals surface area (Å²) < 4.78 is 0. The van der Waals surface area contributed by atoms with Crippen molar-refractivity contribution in [3.05, 3.63) is 34.9 Å². The molecule has 14 heavy (non-hydrogen) atoms. The molecule has 0 nitrogen and oxygen atoms in total. The van der Waals surface area contributed by atoms with Gasteiger partial charge in [0.15, 0.2) is 0 Å². The average Bonchev–Trinajstić information content (AvgIpc) is 2.73. The van der Waals surface area contributed by atoms with E-state index in [1.165, 1.54) is 31.3 Å². The minimum Gasteiger partial charge on any atom is -0.0627 e. The third-order valence-electron chi connectivity index (χ3n) is 3.21. The third kappa shape index (κ3) is 1.70. The Morgan fingerprint density at radius 3 is 2.29 bits per heavy atom. The Bertz CT molecular complexity index is 310. The summed E-state index contributed by atoms with van der Waals surface area (Å²) in [5.41, 5.74) is 5.08. The average molecular weight is 188 g/mol. The maximum absolute atomic E-state index is 2.31. The molecule has 0 aromatic carbocycles. The van der Waals surface area contributed by atoms with Crippen molar-refractivity contribution in [1.29, 1.82) is 0 Å². The van der Waals surface area contributed by atoms with Crippen LogP contribution < -0.4 is 0 Å². The highest BCUT2D eigenvalue weighted by molar-refractivity contribution is 5.53. The monoisotopic (exact) mass is 188 g/mol. The second kappa shape index (κ2) is 3.42. The van der Waals surface area contributed by atoms with E-state index in [4.69, 9.17) is 0 Å². The lowest BCUT2D eigenvalue weighted by atomic mass is 9.81. The van der Waals surface area contributed by atoms with Gasteiger partial charge < -0.3 is 0 Å². The standard InChI is InChI=1S/C14H20/c1-14(2,3)13-10-6-9-12(13)11-7-4-5-8-11/h6,9-10H,4-5,7-8H2,1-3H3. The van der Waals surface area contributed by atoms with Crippen LogP contribution in [0.15, 0.2) is 34.9 Å². The van der Waals surface area contributed by atoms with Gasteiger partial charge in [0.05, 0.1) is 0 Å². The molecule has 1 fully saturated rings. The molecule has 0 aromatic rings. The van der Waals surface area contributed by atoms with Gasteiger partial charge in [-0.15, -0.1) is 0 Å². The van der Waals surface area contributed by atoms with E-state index >= 15 is 0 Å². The van der Waals surface area contributed by atoms with Crippen molar-refractivity contribution >= 4 is 0 Å². The zero-order valence-electron chi connectivity index (χ0n) is 9.56. The SMILES string of the molecule is CC(C)(C)C1=CC=CC1=C1CCCC1. The fourth-order valence-corrected chi connectivity index (χ4v) is 2.45. The summed E-state index contributed by atoms with van der Waals surface area (Å²) in [6.45, 7) is 6.92. The van der Waals surface area contributed by atoms with Crippen LogP contribution in [-0.2, 0) is 0 Å². The fraction of sp³-hybridized carbons (Fsp3) is 0.571. The molecule has 0 radical (unpaired) electrons. The van der Waals surface area contributed by atoms with Gasteiger partial charge in [-0.2, -0.15) is 0 Å². The molecule has 2 aliphatic rings. The van der Waals surface area contributed by atoms with E-state index in [2.05, 4.69) is 39.0 Å². The molecule has 0 heteroatoms. The van der Waals surface area contributed by atoms with Crippen molar-refractivity contribution in [3.8, 4) is 0 Å². The van der Waals surface area contributed by atoms with Crippen LogP contribution in [0.2, 0.25) is 0 Å². The molecule has 0 spiro atoms. The van der Waals surface area contributed by atoms with Crippen LogP contribution >= 0.6 is 0 Å². The van der Waals surface area contributed by atoms with E-state index in [1.807, 2.05) is 0 Å².